The molecule has 220 valence electrons. The Hall–Kier alpha value is -3.79. The number of methoxy groups -OCH3 is 1. The predicted molar refractivity (Wildman–Crippen MR) is 163 cm³/mol. The van der Waals surface area contributed by atoms with Crippen LogP contribution in [0.3, 0.4) is 0 Å². The van der Waals surface area contributed by atoms with Crippen LogP contribution in [0.25, 0.3) is 0 Å². The second-order valence-electron chi connectivity index (χ2n) is 10.3. The standard InChI is InChI=1S/C31H32Cl2N4O5/c1-41-30(39)23-6-4-5-22(19-23)29(38)34-24-7-9-25(10-8-24)36-13-15-37(16-14-36)31(40)42-28-26(32)17-21(18-27(28)33)20-35-11-2-3-12-35/h4-10,17-19H,2-3,11-16,20H2,1H3,(H,34,38). The van der Waals surface area contributed by atoms with E-state index in [1.165, 1.54) is 26.0 Å². The lowest BCUT2D eigenvalue weighted by molar-refractivity contribution is 0.0600. The van der Waals surface area contributed by atoms with Gasteiger partial charge in [0.25, 0.3) is 5.91 Å². The number of hydrogen-bond donors (Lipinski definition) is 1. The number of amides is 2. The summed E-state index contributed by atoms with van der Waals surface area (Å²) in [5, 5.41) is 3.50. The first-order valence-corrected chi connectivity index (χ1v) is 14.6. The van der Waals surface area contributed by atoms with Crippen LogP contribution in [0.1, 0.15) is 39.1 Å². The van der Waals surface area contributed by atoms with Crippen molar-refractivity contribution in [2.24, 2.45) is 0 Å². The van der Waals surface area contributed by atoms with Gasteiger partial charge in [0.05, 0.1) is 22.7 Å². The van der Waals surface area contributed by atoms with Crippen molar-refractivity contribution in [3.8, 4) is 5.75 Å². The molecular weight excluding hydrogens is 579 g/mol. The number of ether oxygens (including phenoxy) is 2. The summed E-state index contributed by atoms with van der Waals surface area (Å²) in [6, 6.07) is 17.4. The number of anilines is 2. The SMILES string of the molecule is COC(=O)c1cccc(C(=O)Nc2ccc(N3CCN(C(=O)Oc4c(Cl)cc(CN5CCCC5)cc4Cl)CC3)cc2)c1. The first-order valence-electron chi connectivity index (χ1n) is 13.8. The summed E-state index contributed by atoms with van der Waals surface area (Å²) >= 11 is 12.9. The number of benzene rings is 3. The van der Waals surface area contributed by atoms with E-state index in [1.54, 1.807) is 23.1 Å². The molecule has 0 aromatic heterocycles. The van der Waals surface area contributed by atoms with E-state index in [0.29, 0.717) is 53.0 Å². The number of nitrogens with zero attached hydrogens (tertiary/aromatic N) is 3. The van der Waals surface area contributed by atoms with E-state index in [-0.39, 0.29) is 11.7 Å². The third-order valence-corrected chi connectivity index (χ3v) is 7.99. The number of hydrogen-bond acceptors (Lipinski definition) is 7. The highest BCUT2D eigenvalue weighted by Gasteiger charge is 2.25. The van der Waals surface area contributed by atoms with Crippen LogP contribution in [0.2, 0.25) is 10.0 Å². The fraction of sp³-hybridized carbons (Fsp3) is 0.323. The Balaban J connectivity index is 1.13. The van der Waals surface area contributed by atoms with Crippen molar-refractivity contribution in [2.75, 3.05) is 56.6 Å². The van der Waals surface area contributed by atoms with Crippen LogP contribution in [-0.2, 0) is 11.3 Å². The third kappa shape index (κ3) is 7.15. The average molecular weight is 612 g/mol. The lowest BCUT2D eigenvalue weighted by Crippen LogP contribution is -2.49. The molecule has 0 aliphatic carbocycles. The van der Waals surface area contributed by atoms with Gasteiger partial charge in [0.2, 0.25) is 0 Å². The van der Waals surface area contributed by atoms with Crippen molar-refractivity contribution in [3.63, 3.8) is 0 Å². The average Bonchev–Trinajstić information content (AvgIpc) is 3.52. The number of carbonyl (C=O) groups excluding carboxylic acids is 3. The maximum Gasteiger partial charge on any atom is 0.415 e. The Morgan fingerprint density at radius 2 is 1.48 bits per heavy atom. The van der Waals surface area contributed by atoms with Gasteiger partial charge in [0, 0.05) is 49.7 Å². The highest BCUT2D eigenvalue weighted by molar-refractivity contribution is 6.37. The zero-order valence-corrected chi connectivity index (χ0v) is 24.8. The highest BCUT2D eigenvalue weighted by Crippen LogP contribution is 2.35. The van der Waals surface area contributed by atoms with Crippen LogP contribution >= 0.6 is 23.2 Å². The molecule has 0 unspecified atom stereocenters. The number of likely N-dealkylation sites (tertiary alicyclic amines) is 1. The molecule has 0 radical (unpaired) electrons. The van der Waals surface area contributed by atoms with Crippen LogP contribution < -0.4 is 15.0 Å². The van der Waals surface area contributed by atoms with Gasteiger partial charge in [-0.05, 0) is 86.1 Å². The molecule has 0 atom stereocenters. The van der Waals surface area contributed by atoms with Gasteiger partial charge in [-0.2, -0.15) is 0 Å². The van der Waals surface area contributed by atoms with E-state index in [2.05, 4.69) is 15.1 Å². The number of carbonyl (C=O) groups is 3. The van der Waals surface area contributed by atoms with Crippen LogP contribution in [0.4, 0.5) is 16.2 Å². The molecule has 11 heteroatoms. The topological polar surface area (TPSA) is 91.4 Å². The molecule has 2 amide bonds. The molecule has 2 heterocycles. The van der Waals surface area contributed by atoms with Crippen molar-refractivity contribution >= 4 is 52.5 Å². The van der Waals surface area contributed by atoms with Crippen LogP contribution in [0, 0.1) is 0 Å². The quantitative estimate of drug-likeness (QED) is 0.331. The maximum absolute atomic E-state index is 12.9. The summed E-state index contributed by atoms with van der Waals surface area (Å²) in [5.74, 6) is -0.649. The van der Waals surface area contributed by atoms with Gasteiger partial charge in [-0.25, -0.2) is 9.59 Å². The minimum atomic E-state index is -0.503. The van der Waals surface area contributed by atoms with Gasteiger partial charge < -0.3 is 24.6 Å². The van der Waals surface area contributed by atoms with Gasteiger partial charge in [0.1, 0.15) is 0 Å². The summed E-state index contributed by atoms with van der Waals surface area (Å²) in [7, 11) is 1.30. The monoisotopic (exact) mass is 610 g/mol. The maximum atomic E-state index is 12.9. The van der Waals surface area contributed by atoms with Crippen molar-refractivity contribution in [2.45, 2.75) is 19.4 Å². The molecule has 3 aromatic carbocycles. The Morgan fingerprint density at radius 3 is 2.12 bits per heavy atom. The van der Waals surface area contributed by atoms with Gasteiger partial charge in [-0.15, -0.1) is 0 Å². The summed E-state index contributed by atoms with van der Waals surface area (Å²) in [5.41, 5.74) is 3.24. The molecule has 0 saturated carbocycles. The summed E-state index contributed by atoms with van der Waals surface area (Å²) in [6.45, 7) is 5.05. The Kier molecular flexibility index (Phi) is 9.51. The van der Waals surface area contributed by atoms with Crippen molar-refractivity contribution in [1.82, 2.24) is 9.80 Å². The van der Waals surface area contributed by atoms with Crippen molar-refractivity contribution < 1.29 is 23.9 Å². The molecule has 3 aromatic rings. The van der Waals surface area contributed by atoms with Crippen LogP contribution in [0.15, 0.2) is 60.7 Å². The molecule has 1 N–H and O–H groups in total. The zero-order chi connectivity index (χ0) is 29.6. The minimum absolute atomic E-state index is 0.186. The fourth-order valence-corrected chi connectivity index (χ4v) is 5.77. The smallest absolute Gasteiger partial charge is 0.415 e. The first-order chi connectivity index (χ1) is 20.3. The van der Waals surface area contributed by atoms with Gasteiger partial charge in [-0.3, -0.25) is 9.69 Å². The first kappa shape index (κ1) is 29.7. The summed E-state index contributed by atoms with van der Waals surface area (Å²) in [4.78, 5) is 43.5. The third-order valence-electron chi connectivity index (χ3n) is 7.43. The summed E-state index contributed by atoms with van der Waals surface area (Å²) in [6.07, 6.45) is 1.91. The second-order valence-corrected chi connectivity index (χ2v) is 11.1. The highest BCUT2D eigenvalue weighted by atomic mass is 35.5. The Morgan fingerprint density at radius 1 is 0.833 bits per heavy atom. The molecule has 2 fully saturated rings. The normalized spacial score (nSPS) is 15.4. The van der Waals surface area contributed by atoms with Crippen molar-refractivity contribution in [3.05, 3.63) is 87.4 Å². The van der Waals surface area contributed by atoms with E-state index < -0.39 is 12.1 Å². The number of esters is 1. The molecule has 42 heavy (non-hydrogen) atoms. The minimum Gasteiger partial charge on any atom is -0.465 e. The molecule has 0 spiro atoms. The summed E-state index contributed by atoms with van der Waals surface area (Å²) < 4.78 is 10.3. The van der Waals surface area contributed by atoms with Crippen LogP contribution in [-0.4, -0.2) is 74.1 Å². The van der Waals surface area contributed by atoms with E-state index >= 15 is 0 Å². The molecule has 9 nitrogen and oxygen atoms in total. The largest absolute Gasteiger partial charge is 0.465 e. The van der Waals surface area contributed by atoms with Crippen molar-refractivity contribution in [1.29, 1.82) is 0 Å². The molecule has 2 aliphatic heterocycles. The number of rotatable bonds is 7. The fourth-order valence-electron chi connectivity index (χ4n) is 5.16. The zero-order valence-electron chi connectivity index (χ0n) is 23.3. The predicted octanol–water partition coefficient (Wildman–Crippen LogP) is 5.95. The Bertz CT molecular complexity index is 1430. The van der Waals surface area contributed by atoms with E-state index in [1.807, 2.05) is 36.4 Å². The molecule has 0 bridgehead atoms. The van der Waals surface area contributed by atoms with Crippen LogP contribution in [0.5, 0.6) is 5.75 Å². The molecule has 5 rings (SSSR count). The van der Waals surface area contributed by atoms with Gasteiger partial charge in [0.15, 0.2) is 5.75 Å². The molecule has 2 saturated heterocycles. The van der Waals surface area contributed by atoms with E-state index in [0.717, 1.165) is 30.9 Å². The van der Waals surface area contributed by atoms with E-state index in [9.17, 15) is 14.4 Å². The van der Waals surface area contributed by atoms with Gasteiger partial charge >= 0.3 is 12.1 Å². The number of piperazine rings is 1. The van der Waals surface area contributed by atoms with Gasteiger partial charge in [-0.1, -0.05) is 29.3 Å². The van der Waals surface area contributed by atoms with E-state index in [4.69, 9.17) is 32.7 Å². The lowest BCUT2D eigenvalue weighted by Gasteiger charge is -2.35. The molecular formula is C31H32Cl2N4O5. The number of halogens is 2. The number of nitrogens with one attached hydrogen (secondary N) is 1. The second kappa shape index (κ2) is 13.5. The Labute approximate surface area is 254 Å². The lowest BCUT2D eigenvalue weighted by atomic mass is 10.1. The molecule has 2 aliphatic rings.